The van der Waals surface area contributed by atoms with Gasteiger partial charge < -0.3 is 11.1 Å². The minimum Gasteiger partial charge on any atom is -0.381 e. The summed E-state index contributed by atoms with van der Waals surface area (Å²) in [7, 11) is 0. The zero-order chi connectivity index (χ0) is 14.4. The minimum absolute atomic E-state index is 0.219. The second-order valence-electron chi connectivity index (χ2n) is 3.97. The maximum absolute atomic E-state index is 8.93. The first kappa shape index (κ1) is 13.3. The Morgan fingerprint density at radius 1 is 1.25 bits per heavy atom. The van der Waals surface area contributed by atoms with E-state index in [0.717, 1.165) is 6.42 Å². The van der Waals surface area contributed by atoms with Crippen molar-refractivity contribution in [3.63, 3.8) is 0 Å². The predicted octanol–water partition coefficient (Wildman–Crippen LogP) is 0.570. The van der Waals surface area contributed by atoms with Crippen LogP contribution in [0.5, 0.6) is 0 Å². The number of nitrogen functional groups attached to an aromatic ring is 1. The third-order valence-corrected chi connectivity index (χ3v) is 2.68. The van der Waals surface area contributed by atoms with Crippen molar-refractivity contribution in [2.24, 2.45) is 0 Å². The van der Waals surface area contributed by atoms with Gasteiger partial charge in [0.05, 0.1) is 5.69 Å². The summed E-state index contributed by atoms with van der Waals surface area (Å²) in [4.78, 5) is 7.95. The number of nitrogens with two attached hydrogens (primary N) is 1. The van der Waals surface area contributed by atoms with Gasteiger partial charge in [0.2, 0.25) is 0 Å². The number of nitriles is 2. The molecule has 0 saturated heterocycles. The Morgan fingerprint density at radius 2 is 2.05 bits per heavy atom. The fourth-order valence-electron chi connectivity index (χ4n) is 1.72. The van der Waals surface area contributed by atoms with E-state index in [9.17, 15) is 0 Å². The third-order valence-electron chi connectivity index (χ3n) is 2.68. The molecule has 0 unspecified atom stereocenters. The molecule has 2 heterocycles. The molecule has 0 aliphatic heterocycles. The number of hydrogen-bond donors (Lipinski definition) is 3. The SMILES string of the molecule is N#Cc1nccnc1NCCCc1[nH]nc(N)c1C#N. The number of nitrogens with zero attached hydrogens (tertiary/aromatic N) is 5. The van der Waals surface area contributed by atoms with Crippen LogP contribution in [-0.2, 0) is 6.42 Å². The van der Waals surface area contributed by atoms with Crippen LogP contribution in [0.4, 0.5) is 11.6 Å². The van der Waals surface area contributed by atoms with Crippen LogP contribution in [0.1, 0.15) is 23.4 Å². The van der Waals surface area contributed by atoms with Gasteiger partial charge >= 0.3 is 0 Å². The normalized spacial score (nSPS) is 9.70. The van der Waals surface area contributed by atoms with Crippen LogP contribution in [0.3, 0.4) is 0 Å². The summed E-state index contributed by atoms with van der Waals surface area (Å²) < 4.78 is 0. The number of rotatable bonds is 5. The summed E-state index contributed by atoms with van der Waals surface area (Å²) in [6, 6.07) is 3.98. The maximum Gasteiger partial charge on any atom is 0.182 e. The summed E-state index contributed by atoms with van der Waals surface area (Å²) in [6.45, 7) is 0.594. The molecular weight excluding hydrogens is 256 g/mol. The van der Waals surface area contributed by atoms with Crippen molar-refractivity contribution in [2.75, 3.05) is 17.6 Å². The first-order valence-corrected chi connectivity index (χ1v) is 5.94. The largest absolute Gasteiger partial charge is 0.381 e. The lowest BCUT2D eigenvalue weighted by Gasteiger charge is -2.05. The van der Waals surface area contributed by atoms with Crippen molar-refractivity contribution in [2.45, 2.75) is 12.8 Å². The fraction of sp³-hybridized carbons (Fsp3) is 0.250. The lowest BCUT2D eigenvalue weighted by molar-refractivity contribution is 0.821. The smallest absolute Gasteiger partial charge is 0.182 e. The zero-order valence-electron chi connectivity index (χ0n) is 10.6. The van der Waals surface area contributed by atoms with E-state index in [1.54, 1.807) is 0 Å². The monoisotopic (exact) mass is 268 g/mol. The number of aryl methyl sites for hydroxylation is 1. The summed E-state index contributed by atoms with van der Waals surface area (Å²) in [5, 5.41) is 27.4. The lowest BCUT2D eigenvalue weighted by atomic mass is 10.1. The van der Waals surface area contributed by atoms with E-state index in [1.807, 2.05) is 12.1 Å². The Hall–Kier alpha value is -3.13. The van der Waals surface area contributed by atoms with Gasteiger partial charge in [-0.3, -0.25) is 5.10 Å². The molecule has 0 saturated carbocycles. The molecule has 4 N–H and O–H groups in total. The molecule has 2 rings (SSSR count). The van der Waals surface area contributed by atoms with E-state index in [0.29, 0.717) is 30.0 Å². The van der Waals surface area contributed by atoms with Gasteiger partial charge in [-0.2, -0.15) is 15.6 Å². The van der Waals surface area contributed by atoms with Crippen LogP contribution in [-0.4, -0.2) is 26.7 Å². The number of H-pyrrole nitrogens is 1. The van der Waals surface area contributed by atoms with Gasteiger partial charge in [0.15, 0.2) is 17.3 Å². The first-order valence-electron chi connectivity index (χ1n) is 5.94. The molecule has 0 amide bonds. The summed E-state index contributed by atoms with van der Waals surface area (Å²) in [6.07, 6.45) is 4.35. The van der Waals surface area contributed by atoms with E-state index < -0.39 is 0 Å². The molecule has 0 radical (unpaired) electrons. The Morgan fingerprint density at radius 3 is 2.80 bits per heavy atom. The quantitative estimate of drug-likeness (QED) is 0.673. The molecule has 20 heavy (non-hydrogen) atoms. The number of aromatic amines is 1. The van der Waals surface area contributed by atoms with Crippen LogP contribution in [0.2, 0.25) is 0 Å². The van der Waals surface area contributed by atoms with Gasteiger partial charge in [-0.15, -0.1) is 0 Å². The van der Waals surface area contributed by atoms with Gasteiger partial charge in [0, 0.05) is 18.9 Å². The van der Waals surface area contributed by atoms with Gasteiger partial charge in [-0.1, -0.05) is 0 Å². The molecule has 0 bridgehead atoms. The van der Waals surface area contributed by atoms with Crippen molar-refractivity contribution >= 4 is 11.6 Å². The highest BCUT2D eigenvalue weighted by molar-refractivity contribution is 5.51. The lowest BCUT2D eigenvalue weighted by Crippen LogP contribution is -2.07. The van der Waals surface area contributed by atoms with Gasteiger partial charge in [0.1, 0.15) is 17.7 Å². The second-order valence-corrected chi connectivity index (χ2v) is 3.97. The van der Waals surface area contributed by atoms with Crippen molar-refractivity contribution in [3.05, 3.63) is 29.3 Å². The third kappa shape index (κ3) is 2.82. The molecule has 0 atom stereocenters. The number of hydrogen-bond acceptors (Lipinski definition) is 7. The van der Waals surface area contributed by atoms with E-state index in [1.165, 1.54) is 12.4 Å². The molecular formula is C12H12N8. The number of aromatic nitrogens is 4. The van der Waals surface area contributed by atoms with Crippen molar-refractivity contribution in [1.82, 2.24) is 20.2 Å². The molecule has 2 aromatic heterocycles. The first-order chi connectivity index (χ1) is 9.76. The molecule has 0 aliphatic rings. The highest BCUT2D eigenvalue weighted by atomic mass is 15.2. The van der Waals surface area contributed by atoms with E-state index >= 15 is 0 Å². The molecule has 8 nitrogen and oxygen atoms in total. The van der Waals surface area contributed by atoms with Crippen LogP contribution in [0, 0.1) is 22.7 Å². The summed E-state index contributed by atoms with van der Waals surface area (Å²) in [5.41, 5.74) is 6.92. The highest BCUT2D eigenvalue weighted by Gasteiger charge is 2.09. The Bertz CT molecular complexity index is 675. The molecule has 0 aromatic carbocycles. The van der Waals surface area contributed by atoms with Crippen LogP contribution >= 0.6 is 0 Å². The average Bonchev–Trinajstić information content (AvgIpc) is 2.84. The Balaban J connectivity index is 1.88. The molecule has 2 aromatic rings. The van der Waals surface area contributed by atoms with Crippen molar-refractivity contribution < 1.29 is 0 Å². The molecule has 0 fully saturated rings. The average molecular weight is 268 g/mol. The summed E-state index contributed by atoms with van der Waals surface area (Å²) in [5.74, 6) is 0.677. The fourth-order valence-corrected chi connectivity index (χ4v) is 1.72. The molecule has 0 aliphatic carbocycles. The van der Waals surface area contributed by atoms with Crippen LogP contribution in [0.15, 0.2) is 12.4 Å². The second kappa shape index (κ2) is 6.16. The molecule has 100 valence electrons. The van der Waals surface area contributed by atoms with Gasteiger partial charge in [-0.05, 0) is 12.8 Å². The van der Waals surface area contributed by atoms with E-state index in [4.69, 9.17) is 16.3 Å². The van der Waals surface area contributed by atoms with Crippen LogP contribution in [0.25, 0.3) is 0 Å². The standard InChI is InChI=1S/C12H12N8/c13-6-8-9(19-20-11(8)15)2-1-3-17-12-10(7-14)16-4-5-18-12/h4-5H,1-3H2,(H,17,18)(H3,15,19,20). The Labute approximate surface area is 115 Å². The van der Waals surface area contributed by atoms with E-state index in [-0.39, 0.29) is 11.5 Å². The summed E-state index contributed by atoms with van der Waals surface area (Å²) >= 11 is 0. The van der Waals surface area contributed by atoms with Crippen molar-refractivity contribution in [3.8, 4) is 12.1 Å². The van der Waals surface area contributed by atoms with E-state index in [2.05, 4.69) is 25.5 Å². The van der Waals surface area contributed by atoms with Crippen LogP contribution < -0.4 is 11.1 Å². The highest BCUT2D eigenvalue weighted by Crippen LogP contribution is 2.13. The topological polar surface area (TPSA) is 140 Å². The molecule has 8 heteroatoms. The maximum atomic E-state index is 8.93. The number of nitrogens with one attached hydrogen (secondary N) is 2. The van der Waals surface area contributed by atoms with Gasteiger partial charge in [-0.25, -0.2) is 9.97 Å². The predicted molar refractivity (Wildman–Crippen MR) is 71.3 cm³/mol. The molecule has 0 spiro atoms. The van der Waals surface area contributed by atoms with Crippen molar-refractivity contribution in [1.29, 1.82) is 10.5 Å². The number of anilines is 2. The van der Waals surface area contributed by atoms with Gasteiger partial charge in [0.25, 0.3) is 0 Å². The zero-order valence-corrected chi connectivity index (χ0v) is 10.6. The minimum atomic E-state index is 0.219. The Kier molecular flexibility index (Phi) is 4.10.